The van der Waals surface area contributed by atoms with Crippen molar-refractivity contribution in [2.45, 2.75) is 32.8 Å². The van der Waals surface area contributed by atoms with Crippen LogP contribution in [0.2, 0.25) is 0 Å². The molecule has 98 valence electrons. The van der Waals surface area contributed by atoms with Crippen molar-refractivity contribution in [3.8, 4) is 0 Å². The Morgan fingerprint density at radius 1 is 1.39 bits per heavy atom. The van der Waals surface area contributed by atoms with Crippen molar-refractivity contribution >= 4 is 17.7 Å². The highest BCUT2D eigenvalue weighted by molar-refractivity contribution is 5.84. The van der Waals surface area contributed by atoms with Crippen LogP contribution in [-0.4, -0.2) is 23.3 Å². The zero-order valence-electron chi connectivity index (χ0n) is 10.5. The Hall–Kier alpha value is -2.04. The average Bonchev–Trinajstić information content (AvgIpc) is 2.25. The van der Waals surface area contributed by atoms with Crippen molar-refractivity contribution in [1.29, 1.82) is 0 Å². The number of rotatable bonds is 5. The fourth-order valence-corrected chi connectivity index (χ4v) is 1.42. The summed E-state index contributed by atoms with van der Waals surface area (Å²) in [4.78, 5) is 21.8. The van der Waals surface area contributed by atoms with Crippen molar-refractivity contribution in [1.82, 2.24) is 0 Å². The van der Waals surface area contributed by atoms with Crippen LogP contribution >= 0.6 is 0 Å². The van der Waals surface area contributed by atoms with Gasteiger partial charge in [-0.15, -0.1) is 0 Å². The molecule has 0 aliphatic heterocycles. The normalized spacial score (nSPS) is 10.2. The molecule has 0 atom stereocenters. The predicted octanol–water partition coefficient (Wildman–Crippen LogP) is 2.66. The summed E-state index contributed by atoms with van der Waals surface area (Å²) < 4.78 is 4.95. The molecular formula is C13H17NO4. The van der Waals surface area contributed by atoms with E-state index >= 15 is 0 Å². The first-order valence-corrected chi connectivity index (χ1v) is 5.75. The molecule has 1 rings (SSSR count). The first kappa shape index (κ1) is 14.0. The van der Waals surface area contributed by atoms with E-state index in [4.69, 9.17) is 9.84 Å². The molecule has 0 saturated carbocycles. The number of aliphatic carboxylic acids is 1. The summed E-state index contributed by atoms with van der Waals surface area (Å²) in [6.45, 7) is 3.53. The van der Waals surface area contributed by atoms with Gasteiger partial charge in [0.1, 0.15) is 0 Å². The standard InChI is InChI=1S/C13H17NO4/c1-9(2)18-13(17)14-11-5-3-4-10(8-11)6-7-12(15)16/h3-5,8-9H,6-7H2,1-2H3,(H,14,17)(H,15,16). The van der Waals surface area contributed by atoms with Gasteiger partial charge < -0.3 is 9.84 Å². The summed E-state index contributed by atoms with van der Waals surface area (Å²) >= 11 is 0. The van der Waals surface area contributed by atoms with Gasteiger partial charge in [0.05, 0.1) is 6.10 Å². The minimum Gasteiger partial charge on any atom is -0.481 e. The Kier molecular flexibility index (Phi) is 5.17. The second-order valence-corrected chi connectivity index (χ2v) is 4.17. The van der Waals surface area contributed by atoms with Gasteiger partial charge in [0.25, 0.3) is 0 Å². The van der Waals surface area contributed by atoms with Crippen LogP contribution in [0.5, 0.6) is 0 Å². The monoisotopic (exact) mass is 251 g/mol. The topological polar surface area (TPSA) is 75.6 Å². The fraction of sp³-hybridized carbons (Fsp3) is 0.385. The lowest BCUT2D eigenvalue weighted by molar-refractivity contribution is -0.136. The highest BCUT2D eigenvalue weighted by Gasteiger charge is 2.06. The number of anilines is 1. The number of aryl methyl sites for hydroxylation is 1. The number of carbonyl (C=O) groups excluding carboxylic acids is 1. The van der Waals surface area contributed by atoms with Gasteiger partial charge in [0, 0.05) is 12.1 Å². The molecule has 1 aromatic carbocycles. The van der Waals surface area contributed by atoms with Crippen LogP contribution in [0.25, 0.3) is 0 Å². The molecule has 0 bridgehead atoms. The molecule has 0 radical (unpaired) electrons. The zero-order valence-corrected chi connectivity index (χ0v) is 10.5. The molecular weight excluding hydrogens is 234 g/mol. The largest absolute Gasteiger partial charge is 0.481 e. The number of amides is 1. The fourth-order valence-electron chi connectivity index (χ4n) is 1.42. The highest BCUT2D eigenvalue weighted by Crippen LogP contribution is 2.12. The maximum absolute atomic E-state index is 11.4. The summed E-state index contributed by atoms with van der Waals surface area (Å²) in [5.41, 5.74) is 1.46. The van der Waals surface area contributed by atoms with Crippen LogP contribution in [-0.2, 0) is 16.0 Å². The molecule has 0 heterocycles. The van der Waals surface area contributed by atoms with Gasteiger partial charge in [-0.3, -0.25) is 10.1 Å². The number of ether oxygens (including phenoxy) is 1. The second kappa shape index (κ2) is 6.64. The summed E-state index contributed by atoms with van der Waals surface area (Å²) in [7, 11) is 0. The first-order valence-electron chi connectivity index (χ1n) is 5.75. The number of benzene rings is 1. The van der Waals surface area contributed by atoms with E-state index < -0.39 is 12.1 Å². The van der Waals surface area contributed by atoms with Gasteiger partial charge in [-0.05, 0) is 38.0 Å². The second-order valence-electron chi connectivity index (χ2n) is 4.17. The number of hydrogen-bond donors (Lipinski definition) is 2. The van der Waals surface area contributed by atoms with Crippen molar-refractivity contribution in [2.24, 2.45) is 0 Å². The number of carboxylic acid groups (broad SMARTS) is 1. The van der Waals surface area contributed by atoms with E-state index in [0.717, 1.165) is 5.56 Å². The Labute approximate surface area is 106 Å². The lowest BCUT2D eigenvalue weighted by Crippen LogP contribution is -2.18. The van der Waals surface area contributed by atoms with Crippen molar-refractivity contribution in [3.05, 3.63) is 29.8 Å². The molecule has 0 aliphatic rings. The predicted molar refractivity (Wildman–Crippen MR) is 67.6 cm³/mol. The Morgan fingerprint density at radius 2 is 2.11 bits per heavy atom. The van der Waals surface area contributed by atoms with Crippen LogP contribution in [0.15, 0.2) is 24.3 Å². The molecule has 5 heteroatoms. The summed E-state index contributed by atoms with van der Waals surface area (Å²) in [6, 6.07) is 7.06. The molecule has 18 heavy (non-hydrogen) atoms. The Bertz CT molecular complexity index is 429. The molecule has 0 aromatic heterocycles. The molecule has 1 aromatic rings. The number of carbonyl (C=O) groups is 2. The third-order valence-electron chi connectivity index (χ3n) is 2.14. The minimum atomic E-state index is -0.840. The molecule has 0 aliphatic carbocycles. The number of hydrogen-bond acceptors (Lipinski definition) is 3. The van der Waals surface area contributed by atoms with E-state index in [1.807, 2.05) is 6.07 Å². The van der Waals surface area contributed by atoms with Crippen molar-refractivity contribution in [3.63, 3.8) is 0 Å². The average molecular weight is 251 g/mol. The summed E-state index contributed by atoms with van der Waals surface area (Å²) in [6.07, 6.45) is -0.190. The SMILES string of the molecule is CC(C)OC(=O)Nc1cccc(CCC(=O)O)c1. The molecule has 0 fully saturated rings. The molecule has 0 unspecified atom stereocenters. The van der Waals surface area contributed by atoms with Crippen LogP contribution < -0.4 is 5.32 Å². The lowest BCUT2D eigenvalue weighted by atomic mass is 10.1. The van der Waals surface area contributed by atoms with Crippen LogP contribution in [0.4, 0.5) is 10.5 Å². The lowest BCUT2D eigenvalue weighted by Gasteiger charge is -2.10. The van der Waals surface area contributed by atoms with Gasteiger partial charge >= 0.3 is 12.1 Å². The van der Waals surface area contributed by atoms with Crippen LogP contribution in [0.3, 0.4) is 0 Å². The van der Waals surface area contributed by atoms with Gasteiger partial charge in [0.15, 0.2) is 0 Å². The Morgan fingerprint density at radius 3 is 2.72 bits per heavy atom. The zero-order chi connectivity index (χ0) is 13.5. The molecule has 0 spiro atoms. The van der Waals surface area contributed by atoms with E-state index in [9.17, 15) is 9.59 Å². The number of nitrogens with one attached hydrogen (secondary N) is 1. The molecule has 1 amide bonds. The smallest absolute Gasteiger partial charge is 0.411 e. The molecule has 2 N–H and O–H groups in total. The van der Waals surface area contributed by atoms with Gasteiger partial charge in [-0.2, -0.15) is 0 Å². The summed E-state index contributed by atoms with van der Waals surface area (Å²) in [5, 5.41) is 11.2. The van der Waals surface area contributed by atoms with Gasteiger partial charge in [0.2, 0.25) is 0 Å². The van der Waals surface area contributed by atoms with Gasteiger partial charge in [-0.25, -0.2) is 4.79 Å². The van der Waals surface area contributed by atoms with Crippen LogP contribution in [0.1, 0.15) is 25.8 Å². The number of carboxylic acids is 1. The van der Waals surface area contributed by atoms with E-state index in [2.05, 4.69) is 5.32 Å². The maximum Gasteiger partial charge on any atom is 0.411 e. The van der Waals surface area contributed by atoms with E-state index in [0.29, 0.717) is 12.1 Å². The molecule has 5 nitrogen and oxygen atoms in total. The maximum atomic E-state index is 11.4. The van der Waals surface area contributed by atoms with E-state index in [1.54, 1.807) is 32.0 Å². The molecule has 0 saturated heterocycles. The third-order valence-corrected chi connectivity index (χ3v) is 2.14. The summed E-state index contributed by atoms with van der Waals surface area (Å²) in [5.74, 6) is -0.840. The minimum absolute atomic E-state index is 0.0693. The van der Waals surface area contributed by atoms with Crippen LogP contribution in [0, 0.1) is 0 Å². The third kappa shape index (κ3) is 5.34. The highest BCUT2D eigenvalue weighted by atomic mass is 16.6. The first-order chi connectivity index (χ1) is 8.47. The van der Waals surface area contributed by atoms with Crippen molar-refractivity contribution in [2.75, 3.05) is 5.32 Å². The quantitative estimate of drug-likeness (QED) is 0.843. The van der Waals surface area contributed by atoms with E-state index in [1.165, 1.54) is 0 Å². The van der Waals surface area contributed by atoms with Gasteiger partial charge in [-0.1, -0.05) is 12.1 Å². The Balaban J connectivity index is 2.59. The van der Waals surface area contributed by atoms with Crippen molar-refractivity contribution < 1.29 is 19.4 Å². The van der Waals surface area contributed by atoms with E-state index in [-0.39, 0.29) is 12.5 Å².